The molecule has 0 saturated heterocycles. The second-order valence-electron chi connectivity index (χ2n) is 8.98. The van der Waals surface area contributed by atoms with Crippen molar-refractivity contribution in [2.75, 3.05) is 18.4 Å². The van der Waals surface area contributed by atoms with Gasteiger partial charge in [-0.2, -0.15) is 5.10 Å². The molecule has 0 aliphatic heterocycles. The topological polar surface area (TPSA) is 123 Å². The number of ether oxygens (including phenoxy) is 2. The van der Waals surface area contributed by atoms with Crippen LogP contribution in [0.2, 0.25) is 0 Å². The zero-order valence-electron chi connectivity index (χ0n) is 22.3. The normalized spacial score (nSPS) is 11.4. The second-order valence-corrected chi connectivity index (χ2v) is 10.7. The van der Waals surface area contributed by atoms with Crippen molar-refractivity contribution < 1.29 is 22.7 Å². The Morgan fingerprint density at radius 1 is 0.925 bits per heavy atom. The number of pyridine rings is 1. The Balaban J connectivity index is 1.50. The molecular weight excluding hydrogens is 528 g/mol. The Kier molecular flexibility index (Phi) is 7.52. The molecule has 0 aliphatic rings. The van der Waals surface area contributed by atoms with Crippen molar-refractivity contribution in [3.8, 4) is 28.3 Å². The van der Waals surface area contributed by atoms with Gasteiger partial charge in [0.25, 0.3) is 10.0 Å². The van der Waals surface area contributed by atoms with E-state index < -0.39 is 16.0 Å². The van der Waals surface area contributed by atoms with Gasteiger partial charge in [0.15, 0.2) is 5.65 Å². The Hall–Kier alpha value is -4.70. The Morgan fingerprint density at radius 3 is 2.23 bits per heavy atom. The molecule has 5 rings (SSSR count). The lowest BCUT2D eigenvalue weighted by Gasteiger charge is -2.10. The van der Waals surface area contributed by atoms with Crippen LogP contribution in [0.3, 0.4) is 0 Å². The Labute approximate surface area is 232 Å². The van der Waals surface area contributed by atoms with Crippen LogP contribution < -0.4 is 9.46 Å². The quantitative estimate of drug-likeness (QED) is 0.219. The highest BCUT2D eigenvalue weighted by molar-refractivity contribution is 7.92. The molecule has 0 amide bonds. The maximum atomic E-state index is 13.0. The van der Waals surface area contributed by atoms with Crippen molar-refractivity contribution in [1.82, 2.24) is 15.2 Å². The van der Waals surface area contributed by atoms with E-state index in [0.29, 0.717) is 45.0 Å². The van der Waals surface area contributed by atoms with E-state index in [9.17, 15) is 13.2 Å². The number of aromatic nitrogens is 3. The molecule has 0 atom stereocenters. The van der Waals surface area contributed by atoms with E-state index in [1.165, 1.54) is 17.7 Å². The number of nitrogens with zero attached hydrogens (tertiary/aromatic N) is 2. The SMILES string of the molecule is CCOC(=O)c1cc(-c2ccc(S(=O)(=O)Nc3ccc(OC)cc3)cc2)nc2n[nH]c(-c3ccc(CC)cc3)c12. The summed E-state index contributed by atoms with van der Waals surface area (Å²) in [5.74, 6) is 0.129. The molecule has 9 nitrogen and oxygen atoms in total. The van der Waals surface area contributed by atoms with E-state index in [4.69, 9.17) is 9.47 Å². The summed E-state index contributed by atoms with van der Waals surface area (Å²) in [6.07, 6.45) is 0.917. The highest BCUT2D eigenvalue weighted by atomic mass is 32.2. The number of aromatic amines is 1. The first kappa shape index (κ1) is 26.9. The molecule has 0 fully saturated rings. The highest BCUT2D eigenvalue weighted by Gasteiger charge is 2.22. The molecule has 2 aromatic heterocycles. The van der Waals surface area contributed by atoms with Crippen molar-refractivity contribution in [3.05, 3.63) is 90.0 Å². The molecule has 5 aromatic rings. The number of hydrogen-bond donors (Lipinski definition) is 2. The van der Waals surface area contributed by atoms with E-state index in [0.717, 1.165) is 12.0 Å². The Morgan fingerprint density at radius 2 is 1.60 bits per heavy atom. The van der Waals surface area contributed by atoms with Gasteiger partial charge >= 0.3 is 5.97 Å². The molecule has 0 aliphatic carbocycles. The number of H-pyrrole nitrogens is 1. The van der Waals surface area contributed by atoms with E-state index >= 15 is 0 Å². The van der Waals surface area contributed by atoms with Crippen LogP contribution in [0.5, 0.6) is 5.75 Å². The van der Waals surface area contributed by atoms with Gasteiger partial charge in [-0.05, 0) is 61.4 Å². The molecule has 10 heteroatoms. The number of sulfonamides is 1. The van der Waals surface area contributed by atoms with Crippen molar-refractivity contribution in [1.29, 1.82) is 0 Å². The largest absolute Gasteiger partial charge is 0.497 e. The third-order valence-electron chi connectivity index (χ3n) is 6.47. The molecule has 0 radical (unpaired) electrons. The number of aryl methyl sites for hydroxylation is 1. The minimum atomic E-state index is -3.83. The number of fused-ring (bicyclic) bond motifs is 1. The van der Waals surface area contributed by atoms with Crippen LogP contribution in [-0.2, 0) is 21.2 Å². The van der Waals surface area contributed by atoms with Crippen molar-refractivity contribution in [3.63, 3.8) is 0 Å². The van der Waals surface area contributed by atoms with E-state index in [-0.39, 0.29) is 11.5 Å². The average Bonchev–Trinajstić information content (AvgIpc) is 3.41. The minimum absolute atomic E-state index is 0.0799. The zero-order chi connectivity index (χ0) is 28.3. The van der Waals surface area contributed by atoms with Gasteiger partial charge in [0.1, 0.15) is 5.75 Å². The molecule has 204 valence electrons. The number of esters is 1. The van der Waals surface area contributed by atoms with Gasteiger partial charge in [0.2, 0.25) is 0 Å². The summed E-state index contributed by atoms with van der Waals surface area (Å²) in [6, 6.07) is 22.5. The lowest BCUT2D eigenvalue weighted by molar-refractivity contribution is 0.0528. The summed E-state index contributed by atoms with van der Waals surface area (Å²) in [6.45, 7) is 4.05. The monoisotopic (exact) mass is 556 g/mol. The van der Waals surface area contributed by atoms with Crippen LogP contribution in [0.1, 0.15) is 29.8 Å². The second kappa shape index (κ2) is 11.2. The minimum Gasteiger partial charge on any atom is -0.497 e. The smallest absolute Gasteiger partial charge is 0.339 e. The number of methoxy groups -OCH3 is 1. The van der Waals surface area contributed by atoms with Crippen LogP contribution in [0.25, 0.3) is 33.5 Å². The number of carbonyl (C=O) groups is 1. The van der Waals surface area contributed by atoms with Gasteiger partial charge in [-0.3, -0.25) is 9.82 Å². The number of rotatable bonds is 9. The summed E-state index contributed by atoms with van der Waals surface area (Å²) in [4.78, 5) is 17.8. The number of carbonyl (C=O) groups excluding carboxylic acids is 1. The molecule has 0 unspecified atom stereocenters. The van der Waals surface area contributed by atoms with Gasteiger partial charge in [-0.15, -0.1) is 0 Å². The van der Waals surface area contributed by atoms with Crippen LogP contribution in [0.4, 0.5) is 5.69 Å². The third-order valence-corrected chi connectivity index (χ3v) is 7.87. The molecule has 0 spiro atoms. The van der Waals surface area contributed by atoms with Crippen molar-refractivity contribution in [2.24, 2.45) is 0 Å². The highest BCUT2D eigenvalue weighted by Crippen LogP contribution is 2.32. The molecule has 3 aromatic carbocycles. The zero-order valence-corrected chi connectivity index (χ0v) is 23.1. The van der Waals surface area contributed by atoms with E-state index in [1.54, 1.807) is 56.5 Å². The number of anilines is 1. The lowest BCUT2D eigenvalue weighted by Crippen LogP contribution is -2.12. The summed E-state index contributed by atoms with van der Waals surface area (Å²) in [5.41, 5.74) is 4.91. The fourth-order valence-electron chi connectivity index (χ4n) is 4.34. The van der Waals surface area contributed by atoms with Gasteiger partial charge in [0.05, 0.1) is 40.9 Å². The molecule has 40 heavy (non-hydrogen) atoms. The summed E-state index contributed by atoms with van der Waals surface area (Å²) >= 11 is 0. The van der Waals surface area contributed by atoms with Crippen molar-refractivity contribution in [2.45, 2.75) is 25.2 Å². The molecule has 2 N–H and O–H groups in total. The lowest BCUT2D eigenvalue weighted by atomic mass is 10.0. The Bertz CT molecular complexity index is 1760. The summed E-state index contributed by atoms with van der Waals surface area (Å²) in [7, 11) is -2.29. The summed E-state index contributed by atoms with van der Waals surface area (Å²) < 4.78 is 38.9. The first-order valence-electron chi connectivity index (χ1n) is 12.8. The van der Waals surface area contributed by atoms with Crippen LogP contribution in [-0.4, -0.2) is 43.3 Å². The standard InChI is InChI=1S/C30H28N4O5S/c1-4-19-6-8-21(9-7-19)28-27-25(30(35)39-5-2)18-26(31-29(27)33-32-28)20-10-16-24(17-11-20)40(36,37)34-22-12-14-23(38-3)15-13-22/h6-18,34H,4-5H2,1-3H3,(H,31,32,33). The van der Waals surface area contributed by atoms with Crippen LogP contribution >= 0.6 is 0 Å². The number of benzene rings is 3. The van der Waals surface area contributed by atoms with Gasteiger partial charge in [-0.25, -0.2) is 18.2 Å². The fourth-order valence-corrected chi connectivity index (χ4v) is 5.39. The molecular formula is C30H28N4O5S. The van der Waals surface area contributed by atoms with Gasteiger partial charge in [0, 0.05) is 16.8 Å². The van der Waals surface area contributed by atoms with Crippen LogP contribution in [0.15, 0.2) is 83.8 Å². The maximum absolute atomic E-state index is 13.0. The third kappa shape index (κ3) is 5.39. The first-order valence-corrected chi connectivity index (χ1v) is 14.2. The number of nitrogens with one attached hydrogen (secondary N) is 2. The number of hydrogen-bond acceptors (Lipinski definition) is 7. The van der Waals surface area contributed by atoms with E-state index in [1.807, 2.05) is 24.3 Å². The van der Waals surface area contributed by atoms with E-state index in [2.05, 4.69) is 26.8 Å². The molecule has 2 heterocycles. The first-order chi connectivity index (χ1) is 19.3. The van der Waals surface area contributed by atoms with Gasteiger partial charge < -0.3 is 9.47 Å². The maximum Gasteiger partial charge on any atom is 0.339 e. The average molecular weight is 557 g/mol. The predicted octanol–water partition coefficient (Wildman–Crippen LogP) is 5.84. The molecule has 0 bridgehead atoms. The predicted molar refractivity (Wildman–Crippen MR) is 154 cm³/mol. The van der Waals surface area contributed by atoms with Gasteiger partial charge in [-0.1, -0.05) is 43.3 Å². The van der Waals surface area contributed by atoms with Crippen LogP contribution in [0, 0.1) is 0 Å². The fraction of sp³-hybridized carbons (Fsp3) is 0.167. The van der Waals surface area contributed by atoms with Crippen molar-refractivity contribution >= 4 is 32.7 Å². The molecule has 0 saturated carbocycles. The summed E-state index contributed by atoms with van der Waals surface area (Å²) in [5, 5.41) is 7.98.